The maximum Gasteiger partial charge on any atom is 0.178 e. The lowest BCUT2D eigenvalue weighted by atomic mass is 9.95. The molecule has 0 unspecified atom stereocenters. The summed E-state index contributed by atoms with van der Waals surface area (Å²) in [5, 5.41) is 0. The third-order valence-corrected chi connectivity index (χ3v) is 6.51. The smallest absolute Gasteiger partial charge is 0.178 e. The first-order valence-electron chi connectivity index (χ1n) is 9.00. The van der Waals surface area contributed by atoms with Gasteiger partial charge in [-0.2, -0.15) is 0 Å². The maximum atomic E-state index is 12.8. The number of hydrogen-bond donors (Lipinski definition) is 1. The van der Waals surface area contributed by atoms with Gasteiger partial charge in [0.1, 0.15) is 12.4 Å². The van der Waals surface area contributed by atoms with Crippen LogP contribution in [0.15, 0.2) is 41.1 Å². The first-order chi connectivity index (χ1) is 12.8. The number of ether oxygens (including phenoxy) is 2. The highest BCUT2D eigenvalue weighted by atomic mass is 32.2. The van der Waals surface area contributed by atoms with Crippen LogP contribution in [0, 0.1) is 5.41 Å². The van der Waals surface area contributed by atoms with E-state index in [1.54, 1.807) is 12.1 Å². The summed E-state index contributed by atoms with van der Waals surface area (Å²) in [5.74, 6) is 0.522. The van der Waals surface area contributed by atoms with Crippen LogP contribution in [0.3, 0.4) is 0 Å². The Labute approximate surface area is 161 Å². The third-order valence-electron chi connectivity index (χ3n) is 4.36. The molecule has 0 amide bonds. The van der Waals surface area contributed by atoms with Crippen LogP contribution in [0.4, 0.5) is 4.39 Å². The van der Waals surface area contributed by atoms with Crippen molar-refractivity contribution in [2.75, 3.05) is 51.8 Å². The minimum absolute atomic E-state index is 0.0334. The fraction of sp³-hybridized carbons (Fsp3) is 0.579. The molecule has 1 heterocycles. The quantitative estimate of drug-likeness (QED) is 0.683. The van der Waals surface area contributed by atoms with Gasteiger partial charge in [-0.05, 0) is 29.7 Å². The third kappa shape index (κ3) is 6.88. The number of rotatable bonds is 9. The summed E-state index contributed by atoms with van der Waals surface area (Å²) < 4.78 is 48.9. The van der Waals surface area contributed by atoms with Gasteiger partial charge < -0.3 is 15.2 Å². The molecule has 0 radical (unpaired) electrons. The Morgan fingerprint density at radius 2 is 1.93 bits per heavy atom. The van der Waals surface area contributed by atoms with E-state index >= 15 is 0 Å². The number of morpholine rings is 1. The molecule has 1 fully saturated rings. The summed E-state index contributed by atoms with van der Waals surface area (Å²) in [7, 11) is -3.43. The van der Waals surface area contributed by atoms with Gasteiger partial charge in [0.2, 0.25) is 0 Å². The Morgan fingerprint density at radius 3 is 2.48 bits per heavy atom. The van der Waals surface area contributed by atoms with Crippen molar-refractivity contribution in [2.45, 2.75) is 18.7 Å². The number of nitrogens with two attached hydrogens (primary N) is 1. The van der Waals surface area contributed by atoms with Gasteiger partial charge in [0.25, 0.3) is 0 Å². The molecule has 27 heavy (non-hydrogen) atoms. The molecular weight excluding hydrogens is 371 g/mol. The first-order valence-corrected chi connectivity index (χ1v) is 10.6. The second kappa shape index (κ2) is 9.64. The molecule has 0 aromatic heterocycles. The summed E-state index contributed by atoms with van der Waals surface area (Å²) in [6.07, 6.45) is 0.426. The average molecular weight is 401 g/mol. The van der Waals surface area contributed by atoms with Crippen molar-refractivity contribution in [1.82, 2.24) is 4.90 Å². The molecular formula is C19H29FN2O4S. The predicted molar refractivity (Wildman–Crippen MR) is 103 cm³/mol. The Bertz CT molecular complexity index is 727. The van der Waals surface area contributed by atoms with Crippen molar-refractivity contribution in [3.63, 3.8) is 0 Å². The number of halogens is 1. The number of nitrogens with zero attached hydrogens (tertiary/aromatic N) is 1. The minimum atomic E-state index is -3.43. The van der Waals surface area contributed by atoms with Gasteiger partial charge in [-0.1, -0.05) is 13.8 Å². The maximum absolute atomic E-state index is 12.8. The molecule has 8 heteroatoms. The van der Waals surface area contributed by atoms with Crippen molar-refractivity contribution < 1.29 is 22.3 Å². The zero-order valence-corrected chi connectivity index (χ0v) is 16.8. The van der Waals surface area contributed by atoms with Crippen LogP contribution in [-0.4, -0.2) is 65.1 Å². The number of hydrogen-bond acceptors (Lipinski definition) is 6. The number of sulfone groups is 1. The fourth-order valence-corrected chi connectivity index (χ4v) is 4.90. The van der Waals surface area contributed by atoms with E-state index in [0.29, 0.717) is 37.4 Å². The molecule has 2 rings (SSSR count). The van der Waals surface area contributed by atoms with Gasteiger partial charge in [0.15, 0.2) is 9.84 Å². The van der Waals surface area contributed by atoms with E-state index in [1.807, 2.05) is 13.8 Å². The molecule has 1 aliphatic rings. The van der Waals surface area contributed by atoms with Gasteiger partial charge in [0, 0.05) is 31.8 Å². The van der Waals surface area contributed by atoms with Crippen molar-refractivity contribution in [3.8, 4) is 5.75 Å². The van der Waals surface area contributed by atoms with Crippen LogP contribution in [0.25, 0.3) is 0 Å². The van der Waals surface area contributed by atoms with Gasteiger partial charge in [0.05, 0.1) is 30.2 Å². The van der Waals surface area contributed by atoms with E-state index in [9.17, 15) is 12.8 Å². The summed E-state index contributed by atoms with van der Waals surface area (Å²) in [6, 6.07) is 6.20. The first kappa shape index (κ1) is 21.8. The summed E-state index contributed by atoms with van der Waals surface area (Å²) in [4.78, 5) is 2.49. The monoisotopic (exact) mass is 400 g/mol. The van der Waals surface area contributed by atoms with E-state index in [-0.39, 0.29) is 29.2 Å². The average Bonchev–Trinajstić information content (AvgIpc) is 2.62. The summed E-state index contributed by atoms with van der Waals surface area (Å²) in [5.41, 5.74) is 5.32. The second-order valence-electron chi connectivity index (χ2n) is 7.54. The molecule has 0 bridgehead atoms. The Balaban J connectivity index is 1.98. The Morgan fingerprint density at radius 1 is 1.30 bits per heavy atom. The highest BCUT2D eigenvalue weighted by Gasteiger charge is 2.30. The second-order valence-corrected chi connectivity index (χ2v) is 9.53. The molecule has 152 valence electrons. The lowest BCUT2D eigenvalue weighted by molar-refractivity contribution is 0.0240. The fourth-order valence-electron chi connectivity index (χ4n) is 3.06. The molecule has 0 spiro atoms. The highest BCUT2D eigenvalue weighted by Crippen LogP contribution is 2.26. The van der Waals surface area contributed by atoms with Crippen molar-refractivity contribution in [3.05, 3.63) is 36.2 Å². The lowest BCUT2D eigenvalue weighted by Crippen LogP contribution is -2.44. The van der Waals surface area contributed by atoms with Gasteiger partial charge >= 0.3 is 0 Å². The Hall–Kier alpha value is -1.48. The van der Waals surface area contributed by atoms with Crippen LogP contribution < -0.4 is 10.5 Å². The largest absolute Gasteiger partial charge is 0.489 e. The SMILES string of the molecule is CC(C)(CN1CCOCC1)CS(=O)(=O)c1ccc(OC/C(=C/F)CN)cc1. The highest BCUT2D eigenvalue weighted by molar-refractivity contribution is 7.91. The van der Waals surface area contributed by atoms with Crippen LogP contribution >= 0.6 is 0 Å². The zero-order chi connectivity index (χ0) is 19.9. The normalized spacial score (nSPS) is 17.1. The Kier molecular flexibility index (Phi) is 7.79. The van der Waals surface area contributed by atoms with E-state index in [1.165, 1.54) is 12.1 Å². The zero-order valence-electron chi connectivity index (χ0n) is 16.0. The molecule has 6 nitrogen and oxygen atoms in total. The predicted octanol–water partition coefficient (Wildman–Crippen LogP) is 2.01. The van der Waals surface area contributed by atoms with E-state index in [4.69, 9.17) is 15.2 Å². The van der Waals surface area contributed by atoms with Crippen LogP contribution in [-0.2, 0) is 14.6 Å². The van der Waals surface area contributed by atoms with Gasteiger partial charge in [-0.15, -0.1) is 0 Å². The molecule has 1 aromatic carbocycles. The van der Waals surface area contributed by atoms with Crippen LogP contribution in [0.1, 0.15) is 13.8 Å². The van der Waals surface area contributed by atoms with Gasteiger partial charge in [-0.25, -0.2) is 12.8 Å². The molecule has 0 saturated carbocycles. The van der Waals surface area contributed by atoms with Crippen molar-refractivity contribution >= 4 is 9.84 Å². The minimum Gasteiger partial charge on any atom is -0.489 e. The number of benzene rings is 1. The van der Waals surface area contributed by atoms with Crippen LogP contribution in [0.5, 0.6) is 5.75 Å². The van der Waals surface area contributed by atoms with Crippen molar-refractivity contribution in [1.29, 1.82) is 0 Å². The standard InChI is InChI=1S/C19H29FN2O4S/c1-19(2,14-22-7-9-25-10-8-22)15-27(23,24)18-5-3-17(4-6-18)26-13-16(11-20)12-21/h3-6,11H,7-10,12-15,21H2,1-2H3/b16-11+. The summed E-state index contributed by atoms with van der Waals surface area (Å²) in [6.45, 7) is 7.77. The van der Waals surface area contributed by atoms with E-state index < -0.39 is 9.84 Å². The lowest BCUT2D eigenvalue weighted by Gasteiger charge is -2.34. The molecule has 0 aliphatic carbocycles. The van der Waals surface area contributed by atoms with Crippen LogP contribution in [0.2, 0.25) is 0 Å². The van der Waals surface area contributed by atoms with E-state index in [0.717, 1.165) is 13.1 Å². The molecule has 2 N–H and O–H groups in total. The molecule has 1 saturated heterocycles. The summed E-state index contributed by atoms with van der Waals surface area (Å²) >= 11 is 0. The van der Waals surface area contributed by atoms with Crippen molar-refractivity contribution in [2.24, 2.45) is 11.1 Å². The molecule has 0 atom stereocenters. The topological polar surface area (TPSA) is 81.9 Å². The molecule has 1 aromatic rings. The molecule has 1 aliphatic heterocycles. The van der Waals surface area contributed by atoms with E-state index in [2.05, 4.69) is 4.90 Å². The van der Waals surface area contributed by atoms with Gasteiger partial charge in [-0.3, -0.25) is 4.90 Å².